The molecule has 0 aliphatic carbocycles. The van der Waals surface area contributed by atoms with Gasteiger partial charge in [-0.2, -0.15) is 0 Å². The van der Waals surface area contributed by atoms with E-state index in [1.54, 1.807) is 42.4 Å². The molecular formula is C24H26N2O2. The molecule has 0 radical (unpaired) electrons. The van der Waals surface area contributed by atoms with Gasteiger partial charge in [-0.15, -0.1) is 6.58 Å². The lowest BCUT2D eigenvalue weighted by Crippen LogP contribution is -2.31. The summed E-state index contributed by atoms with van der Waals surface area (Å²) < 4.78 is 7.37. The van der Waals surface area contributed by atoms with E-state index in [9.17, 15) is 4.79 Å². The highest BCUT2D eigenvalue weighted by molar-refractivity contribution is 5.94. The first-order chi connectivity index (χ1) is 13.6. The van der Waals surface area contributed by atoms with Gasteiger partial charge in [-0.1, -0.05) is 30.3 Å². The van der Waals surface area contributed by atoms with Gasteiger partial charge in [0.05, 0.1) is 13.7 Å². The fourth-order valence-corrected chi connectivity index (χ4v) is 3.21. The lowest BCUT2D eigenvalue weighted by molar-refractivity contribution is 0.0759. The standard InChI is InChI=1S/C24H26N2O2/c1-4-15-26(24(27)20-11-13-23(28-3)14-12-20)18-22-10-7-16-25(22)17-21-9-6-5-8-19(21)2/h4-14,16H,1,15,17-18H2,2-3H3. The van der Waals surface area contributed by atoms with E-state index in [2.05, 4.69) is 54.6 Å². The zero-order valence-corrected chi connectivity index (χ0v) is 16.5. The Morgan fingerprint density at radius 2 is 1.86 bits per heavy atom. The second-order valence-electron chi connectivity index (χ2n) is 6.76. The van der Waals surface area contributed by atoms with E-state index in [4.69, 9.17) is 4.74 Å². The summed E-state index contributed by atoms with van der Waals surface area (Å²) in [6.07, 6.45) is 3.82. The maximum Gasteiger partial charge on any atom is 0.254 e. The number of aryl methyl sites for hydroxylation is 1. The first-order valence-electron chi connectivity index (χ1n) is 9.35. The van der Waals surface area contributed by atoms with Crippen molar-refractivity contribution in [2.45, 2.75) is 20.0 Å². The lowest BCUT2D eigenvalue weighted by Gasteiger charge is -2.22. The number of aromatic nitrogens is 1. The van der Waals surface area contributed by atoms with E-state index in [0.717, 1.165) is 18.0 Å². The molecule has 28 heavy (non-hydrogen) atoms. The molecule has 0 N–H and O–H groups in total. The van der Waals surface area contributed by atoms with Gasteiger partial charge in [-0.05, 0) is 54.4 Å². The molecule has 4 heteroatoms. The molecule has 0 bridgehead atoms. The highest BCUT2D eigenvalue weighted by atomic mass is 16.5. The second-order valence-corrected chi connectivity index (χ2v) is 6.76. The Kier molecular flexibility index (Phi) is 6.33. The van der Waals surface area contributed by atoms with Crippen molar-refractivity contribution in [3.8, 4) is 5.75 Å². The Balaban J connectivity index is 1.79. The quantitative estimate of drug-likeness (QED) is 0.537. The van der Waals surface area contributed by atoms with Crippen LogP contribution in [0, 0.1) is 6.92 Å². The van der Waals surface area contributed by atoms with Gasteiger partial charge in [-0.3, -0.25) is 4.79 Å². The van der Waals surface area contributed by atoms with Gasteiger partial charge in [0.2, 0.25) is 0 Å². The van der Waals surface area contributed by atoms with Crippen molar-refractivity contribution in [3.05, 3.63) is 102 Å². The molecule has 0 spiro atoms. The third-order valence-electron chi connectivity index (χ3n) is 4.85. The number of amides is 1. The smallest absolute Gasteiger partial charge is 0.254 e. The van der Waals surface area contributed by atoms with Crippen LogP contribution in [0.15, 0.2) is 79.5 Å². The predicted octanol–water partition coefficient (Wildman–Crippen LogP) is 4.68. The highest BCUT2D eigenvalue weighted by Crippen LogP contribution is 2.17. The molecular weight excluding hydrogens is 348 g/mol. The fourth-order valence-electron chi connectivity index (χ4n) is 3.21. The van der Waals surface area contributed by atoms with Gasteiger partial charge >= 0.3 is 0 Å². The van der Waals surface area contributed by atoms with Crippen LogP contribution in [0.2, 0.25) is 0 Å². The van der Waals surface area contributed by atoms with Gasteiger partial charge in [-0.25, -0.2) is 0 Å². The number of benzene rings is 2. The average molecular weight is 374 g/mol. The van der Waals surface area contributed by atoms with Crippen molar-refractivity contribution < 1.29 is 9.53 Å². The van der Waals surface area contributed by atoms with E-state index in [0.29, 0.717) is 18.7 Å². The molecule has 0 unspecified atom stereocenters. The van der Waals surface area contributed by atoms with Crippen molar-refractivity contribution in [1.29, 1.82) is 0 Å². The monoisotopic (exact) mass is 374 g/mol. The van der Waals surface area contributed by atoms with Crippen molar-refractivity contribution in [3.63, 3.8) is 0 Å². The molecule has 2 aromatic carbocycles. The molecule has 1 aromatic heterocycles. The van der Waals surface area contributed by atoms with Crippen LogP contribution in [0.25, 0.3) is 0 Å². The number of nitrogens with zero attached hydrogens (tertiary/aromatic N) is 2. The first-order valence-corrected chi connectivity index (χ1v) is 9.35. The van der Waals surface area contributed by atoms with Crippen LogP contribution in [0.4, 0.5) is 0 Å². The zero-order valence-electron chi connectivity index (χ0n) is 16.5. The normalized spacial score (nSPS) is 10.5. The molecule has 0 aliphatic heterocycles. The fraction of sp³-hybridized carbons (Fsp3) is 0.208. The number of carbonyl (C=O) groups excluding carboxylic acids is 1. The Hall–Kier alpha value is -3.27. The van der Waals surface area contributed by atoms with Crippen LogP contribution >= 0.6 is 0 Å². The summed E-state index contributed by atoms with van der Waals surface area (Å²) in [6, 6.07) is 19.7. The van der Waals surface area contributed by atoms with E-state index < -0.39 is 0 Å². The lowest BCUT2D eigenvalue weighted by atomic mass is 10.1. The summed E-state index contributed by atoms with van der Waals surface area (Å²) in [5.74, 6) is 0.713. The second kappa shape index (κ2) is 9.09. The minimum absolute atomic E-state index is 0.0220. The van der Waals surface area contributed by atoms with Crippen molar-refractivity contribution in [1.82, 2.24) is 9.47 Å². The SMILES string of the molecule is C=CCN(Cc1cccn1Cc1ccccc1C)C(=O)c1ccc(OC)cc1. The average Bonchev–Trinajstić information content (AvgIpc) is 3.15. The highest BCUT2D eigenvalue weighted by Gasteiger charge is 2.17. The molecule has 0 fully saturated rings. The third kappa shape index (κ3) is 4.52. The predicted molar refractivity (Wildman–Crippen MR) is 113 cm³/mol. The molecule has 0 saturated carbocycles. The van der Waals surface area contributed by atoms with Crippen LogP contribution in [-0.2, 0) is 13.1 Å². The summed E-state index contributed by atoms with van der Waals surface area (Å²) in [5.41, 5.74) is 4.27. The van der Waals surface area contributed by atoms with Gasteiger partial charge in [0.1, 0.15) is 5.75 Å². The molecule has 4 nitrogen and oxygen atoms in total. The molecule has 3 aromatic rings. The minimum atomic E-state index is -0.0220. The summed E-state index contributed by atoms with van der Waals surface area (Å²) in [7, 11) is 1.61. The first kappa shape index (κ1) is 19.5. The Bertz CT molecular complexity index is 941. The molecule has 144 valence electrons. The summed E-state index contributed by atoms with van der Waals surface area (Å²) in [6.45, 7) is 7.73. The van der Waals surface area contributed by atoms with Crippen LogP contribution < -0.4 is 4.74 Å². The summed E-state index contributed by atoms with van der Waals surface area (Å²) >= 11 is 0. The minimum Gasteiger partial charge on any atom is -0.497 e. The largest absolute Gasteiger partial charge is 0.497 e. The van der Waals surface area contributed by atoms with Gasteiger partial charge in [0.25, 0.3) is 5.91 Å². The molecule has 0 aliphatic rings. The Labute approximate surface area is 166 Å². The maximum atomic E-state index is 13.0. The third-order valence-corrected chi connectivity index (χ3v) is 4.85. The summed E-state index contributed by atoms with van der Waals surface area (Å²) in [5, 5.41) is 0. The maximum absolute atomic E-state index is 13.0. The van der Waals surface area contributed by atoms with Gasteiger partial charge < -0.3 is 14.2 Å². The molecule has 1 heterocycles. The van der Waals surface area contributed by atoms with Crippen molar-refractivity contribution in [2.24, 2.45) is 0 Å². The Morgan fingerprint density at radius 1 is 1.11 bits per heavy atom. The van der Waals surface area contributed by atoms with E-state index in [1.165, 1.54) is 11.1 Å². The number of carbonyl (C=O) groups is 1. The van der Waals surface area contributed by atoms with Crippen molar-refractivity contribution in [2.75, 3.05) is 13.7 Å². The van der Waals surface area contributed by atoms with E-state index in [1.807, 2.05) is 6.07 Å². The van der Waals surface area contributed by atoms with Gasteiger partial charge in [0.15, 0.2) is 0 Å². The number of rotatable bonds is 8. The topological polar surface area (TPSA) is 34.5 Å². The number of hydrogen-bond donors (Lipinski definition) is 0. The number of ether oxygens (including phenoxy) is 1. The molecule has 0 saturated heterocycles. The van der Waals surface area contributed by atoms with E-state index in [-0.39, 0.29) is 5.91 Å². The van der Waals surface area contributed by atoms with E-state index >= 15 is 0 Å². The van der Waals surface area contributed by atoms with Crippen LogP contribution in [0.1, 0.15) is 27.2 Å². The summed E-state index contributed by atoms with van der Waals surface area (Å²) in [4.78, 5) is 14.8. The van der Waals surface area contributed by atoms with Crippen LogP contribution in [-0.4, -0.2) is 29.0 Å². The van der Waals surface area contributed by atoms with Crippen LogP contribution in [0.5, 0.6) is 5.75 Å². The van der Waals surface area contributed by atoms with Crippen LogP contribution in [0.3, 0.4) is 0 Å². The number of hydrogen-bond acceptors (Lipinski definition) is 2. The molecule has 1 amide bonds. The van der Waals surface area contributed by atoms with Crippen molar-refractivity contribution >= 4 is 5.91 Å². The number of methoxy groups -OCH3 is 1. The Morgan fingerprint density at radius 3 is 2.54 bits per heavy atom. The molecule has 0 atom stereocenters. The zero-order chi connectivity index (χ0) is 19.9. The molecule has 3 rings (SSSR count). The van der Waals surface area contributed by atoms with Gasteiger partial charge in [0, 0.05) is 30.5 Å².